The quantitative estimate of drug-likeness (QED) is 0.0261. The summed E-state index contributed by atoms with van der Waals surface area (Å²) in [5, 5.41) is 54.6. The number of aliphatic hydroxyl groups excluding tert-OH is 5. The highest BCUT2D eigenvalue weighted by Crippen LogP contribution is 2.23. The maximum atomic E-state index is 13.1. The third kappa shape index (κ3) is 41.6. The fourth-order valence-electron chi connectivity index (χ4n) is 10.0. The summed E-state index contributed by atoms with van der Waals surface area (Å²) in [5.41, 5.74) is 0. The van der Waals surface area contributed by atoms with Crippen LogP contribution in [0.15, 0.2) is 36.5 Å². The maximum absolute atomic E-state index is 13.1. The van der Waals surface area contributed by atoms with Crippen LogP contribution >= 0.6 is 0 Å². The zero-order valence-electron chi connectivity index (χ0n) is 47.2. The van der Waals surface area contributed by atoms with Crippen LogP contribution in [0.2, 0.25) is 0 Å². The Morgan fingerprint density at radius 1 is 0.472 bits per heavy atom. The van der Waals surface area contributed by atoms with Gasteiger partial charge in [0.1, 0.15) is 24.4 Å². The lowest BCUT2D eigenvalue weighted by molar-refractivity contribution is -0.302. The third-order valence-electron chi connectivity index (χ3n) is 15.0. The van der Waals surface area contributed by atoms with E-state index < -0.39 is 49.5 Å². The number of ether oxygens (including phenoxy) is 2. The summed E-state index contributed by atoms with van der Waals surface area (Å²) in [7, 11) is 0. The Balaban J connectivity index is 2.19. The van der Waals surface area contributed by atoms with Crippen LogP contribution in [-0.2, 0) is 14.3 Å². The van der Waals surface area contributed by atoms with Gasteiger partial charge < -0.3 is 40.3 Å². The number of carbonyl (C=O) groups excluding carboxylic acids is 1. The minimum Gasteiger partial charge on any atom is -0.394 e. The Morgan fingerprint density at radius 2 is 0.819 bits per heavy atom. The van der Waals surface area contributed by atoms with E-state index in [0.29, 0.717) is 6.42 Å². The van der Waals surface area contributed by atoms with Crippen LogP contribution in [0, 0.1) is 0 Å². The molecule has 1 fully saturated rings. The van der Waals surface area contributed by atoms with Crippen LogP contribution in [-0.4, -0.2) is 87.5 Å². The standard InChI is InChI=1S/C63H119NO8/c1-3-5-7-9-11-13-15-17-19-21-23-25-27-29-31-33-35-37-39-41-43-45-47-49-51-53-59(67)64-56(55-71-63-62(70)61(69)60(68)58(54-65)72-63)57(66)52-50-48-46-44-42-40-38-36-34-32-30-28-26-24-22-20-18-16-14-12-10-8-6-4-2/h15,17,21,23,50,52,56-58,60-63,65-66,68-70H,3-14,16,18-20,22,24-49,51,53-55H2,1-2H3,(H,64,67)/b17-15-,23-21-,52-50+. The molecule has 7 atom stereocenters. The van der Waals surface area contributed by atoms with Gasteiger partial charge in [0.25, 0.3) is 0 Å². The molecule has 7 unspecified atom stereocenters. The van der Waals surface area contributed by atoms with Crippen molar-refractivity contribution in [2.24, 2.45) is 0 Å². The van der Waals surface area contributed by atoms with E-state index in [-0.39, 0.29) is 12.5 Å². The van der Waals surface area contributed by atoms with Gasteiger partial charge in [-0.15, -0.1) is 0 Å². The molecule has 0 saturated carbocycles. The molecule has 0 aromatic heterocycles. The molecule has 1 amide bonds. The molecule has 0 radical (unpaired) electrons. The molecule has 424 valence electrons. The largest absolute Gasteiger partial charge is 0.394 e. The van der Waals surface area contributed by atoms with Crippen molar-refractivity contribution in [3.8, 4) is 0 Å². The molecule has 1 rings (SSSR count). The molecule has 1 heterocycles. The van der Waals surface area contributed by atoms with E-state index in [4.69, 9.17) is 9.47 Å². The number of hydrogen-bond donors (Lipinski definition) is 6. The summed E-state index contributed by atoms with van der Waals surface area (Å²) in [6.07, 6.45) is 62.2. The van der Waals surface area contributed by atoms with E-state index >= 15 is 0 Å². The fraction of sp³-hybridized carbons (Fsp3) is 0.889. The number of unbranched alkanes of at least 4 members (excludes halogenated alkanes) is 40. The van der Waals surface area contributed by atoms with Crippen molar-refractivity contribution in [1.82, 2.24) is 5.32 Å². The molecule has 9 heteroatoms. The van der Waals surface area contributed by atoms with Crippen LogP contribution in [0.1, 0.15) is 303 Å². The predicted octanol–water partition coefficient (Wildman–Crippen LogP) is 15.9. The van der Waals surface area contributed by atoms with Crippen molar-refractivity contribution >= 4 is 5.91 Å². The molecular weight excluding hydrogens is 899 g/mol. The third-order valence-corrected chi connectivity index (χ3v) is 15.0. The number of aliphatic hydroxyl groups is 5. The van der Waals surface area contributed by atoms with Crippen LogP contribution in [0.5, 0.6) is 0 Å². The molecule has 72 heavy (non-hydrogen) atoms. The SMILES string of the molecule is CCCCCCC/C=C\C/C=C\CCCCCCCCCCCCCCCC(=O)NC(COC1OC(CO)C(O)C(O)C1O)C(O)/C=C/CCCCCCCCCCCCCCCCCCCCCCCC. The molecule has 0 bridgehead atoms. The Bertz CT molecular complexity index is 1230. The number of allylic oxidation sites excluding steroid dienone is 5. The van der Waals surface area contributed by atoms with E-state index in [1.807, 2.05) is 6.08 Å². The molecule has 6 N–H and O–H groups in total. The lowest BCUT2D eigenvalue weighted by Crippen LogP contribution is -2.60. The fourth-order valence-corrected chi connectivity index (χ4v) is 10.0. The maximum Gasteiger partial charge on any atom is 0.220 e. The van der Waals surface area contributed by atoms with Crippen LogP contribution in [0.3, 0.4) is 0 Å². The van der Waals surface area contributed by atoms with Gasteiger partial charge >= 0.3 is 0 Å². The zero-order chi connectivity index (χ0) is 52.2. The van der Waals surface area contributed by atoms with Gasteiger partial charge in [0.15, 0.2) is 6.29 Å². The molecule has 9 nitrogen and oxygen atoms in total. The van der Waals surface area contributed by atoms with Crippen molar-refractivity contribution in [3.05, 3.63) is 36.5 Å². The minimum absolute atomic E-state index is 0.174. The topological polar surface area (TPSA) is 149 Å². The summed E-state index contributed by atoms with van der Waals surface area (Å²) >= 11 is 0. The summed E-state index contributed by atoms with van der Waals surface area (Å²) < 4.78 is 11.3. The molecule has 0 spiro atoms. The summed E-state index contributed by atoms with van der Waals surface area (Å²) in [5.74, 6) is -0.174. The molecule has 1 aliphatic rings. The van der Waals surface area contributed by atoms with Crippen LogP contribution in [0.4, 0.5) is 0 Å². The summed E-state index contributed by atoms with van der Waals surface area (Å²) in [6, 6.07) is -0.806. The highest BCUT2D eigenvalue weighted by molar-refractivity contribution is 5.76. The van der Waals surface area contributed by atoms with Crippen molar-refractivity contribution < 1.29 is 39.8 Å². The van der Waals surface area contributed by atoms with Crippen molar-refractivity contribution in [1.29, 1.82) is 0 Å². The number of hydrogen-bond acceptors (Lipinski definition) is 8. The van der Waals surface area contributed by atoms with Crippen LogP contribution in [0.25, 0.3) is 0 Å². The van der Waals surface area contributed by atoms with Gasteiger partial charge in [-0.1, -0.05) is 281 Å². The van der Waals surface area contributed by atoms with Gasteiger partial charge in [0, 0.05) is 6.42 Å². The average molecular weight is 1020 g/mol. The van der Waals surface area contributed by atoms with E-state index in [1.54, 1.807) is 6.08 Å². The smallest absolute Gasteiger partial charge is 0.220 e. The Labute approximate surface area is 444 Å². The van der Waals surface area contributed by atoms with E-state index in [9.17, 15) is 30.3 Å². The van der Waals surface area contributed by atoms with Gasteiger partial charge in [-0.2, -0.15) is 0 Å². The first kappa shape index (κ1) is 68.4. The first-order valence-electron chi connectivity index (χ1n) is 31.2. The van der Waals surface area contributed by atoms with Crippen molar-refractivity contribution in [2.45, 2.75) is 346 Å². The Morgan fingerprint density at radius 3 is 1.19 bits per heavy atom. The number of amides is 1. The summed E-state index contributed by atoms with van der Waals surface area (Å²) in [6.45, 7) is 3.81. The van der Waals surface area contributed by atoms with Crippen molar-refractivity contribution in [3.63, 3.8) is 0 Å². The normalized spacial score (nSPS) is 19.3. The van der Waals surface area contributed by atoms with E-state index in [0.717, 1.165) is 44.9 Å². The highest BCUT2D eigenvalue weighted by atomic mass is 16.7. The second kappa shape index (κ2) is 52.8. The van der Waals surface area contributed by atoms with Gasteiger partial charge in [0.2, 0.25) is 5.91 Å². The molecule has 0 aromatic carbocycles. The lowest BCUT2D eigenvalue weighted by atomic mass is 9.99. The number of nitrogens with one attached hydrogen (secondary N) is 1. The first-order valence-corrected chi connectivity index (χ1v) is 31.2. The van der Waals surface area contributed by atoms with Gasteiger partial charge in [-0.25, -0.2) is 0 Å². The molecule has 0 aromatic rings. The molecule has 1 aliphatic heterocycles. The van der Waals surface area contributed by atoms with Gasteiger partial charge in [-0.05, 0) is 51.4 Å². The molecule has 1 saturated heterocycles. The second-order valence-electron chi connectivity index (χ2n) is 21.9. The first-order chi connectivity index (χ1) is 35.3. The number of carbonyl (C=O) groups is 1. The number of rotatable bonds is 54. The second-order valence-corrected chi connectivity index (χ2v) is 21.9. The Kier molecular flexibility index (Phi) is 50.2. The molecular formula is C63H119NO8. The van der Waals surface area contributed by atoms with Crippen molar-refractivity contribution in [2.75, 3.05) is 13.2 Å². The monoisotopic (exact) mass is 1020 g/mol. The zero-order valence-corrected chi connectivity index (χ0v) is 47.2. The van der Waals surface area contributed by atoms with Crippen LogP contribution < -0.4 is 5.32 Å². The van der Waals surface area contributed by atoms with Gasteiger partial charge in [-0.3, -0.25) is 4.79 Å². The van der Waals surface area contributed by atoms with E-state index in [2.05, 4.69) is 43.5 Å². The minimum atomic E-state index is -1.57. The molecule has 0 aliphatic carbocycles. The Hall–Kier alpha value is -1.59. The van der Waals surface area contributed by atoms with E-state index in [1.165, 1.54) is 238 Å². The highest BCUT2D eigenvalue weighted by Gasteiger charge is 2.44. The predicted molar refractivity (Wildman–Crippen MR) is 304 cm³/mol. The average Bonchev–Trinajstić information content (AvgIpc) is 3.38. The summed E-state index contributed by atoms with van der Waals surface area (Å²) in [4.78, 5) is 13.1. The lowest BCUT2D eigenvalue weighted by Gasteiger charge is -2.40. The van der Waals surface area contributed by atoms with Gasteiger partial charge in [0.05, 0.1) is 25.4 Å².